The van der Waals surface area contributed by atoms with Crippen molar-refractivity contribution in [1.29, 1.82) is 0 Å². The molecule has 0 aromatic heterocycles. The third kappa shape index (κ3) is 2.64. The molecule has 0 aromatic rings. The molecule has 2 aliphatic rings. The summed E-state index contributed by atoms with van der Waals surface area (Å²) in [6.45, 7) is 8.17. The van der Waals surface area contributed by atoms with Gasteiger partial charge in [-0.3, -0.25) is 4.99 Å². The van der Waals surface area contributed by atoms with E-state index in [0.29, 0.717) is 12.0 Å². The van der Waals surface area contributed by atoms with Crippen LogP contribution in [0.25, 0.3) is 0 Å². The van der Waals surface area contributed by atoms with Crippen molar-refractivity contribution in [2.75, 3.05) is 0 Å². The van der Waals surface area contributed by atoms with Crippen molar-refractivity contribution in [3.05, 3.63) is 12.0 Å². The molecule has 0 N–H and O–H groups in total. The van der Waals surface area contributed by atoms with E-state index >= 15 is 0 Å². The fourth-order valence-corrected chi connectivity index (χ4v) is 2.12. The fourth-order valence-electron chi connectivity index (χ4n) is 2.12. The van der Waals surface area contributed by atoms with Gasteiger partial charge in [-0.05, 0) is 40.5 Å². The van der Waals surface area contributed by atoms with Gasteiger partial charge in [-0.25, -0.2) is 0 Å². The van der Waals surface area contributed by atoms with Crippen LogP contribution in [0.15, 0.2) is 17.0 Å². The van der Waals surface area contributed by atoms with Crippen molar-refractivity contribution >= 4 is 6.21 Å². The molecule has 0 radical (unpaired) electrons. The lowest BCUT2D eigenvalue weighted by Crippen LogP contribution is -2.41. The molecule has 0 aromatic carbocycles. The minimum absolute atomic E-state index is 0.292. The van der Waals surface area contributed by atoms with Gasteiger partial charge in [-0.15, -0.1) is 0 Å². The SMILES string of the molecule is CC1(C)OC(=CC=NC2CCCC2)OC1(C)C. The van der Waals surface area contributed by atoms with Gasteiger partial charge in [-0.2, -0.15) is 0 Å². The highest BCUT2D eigenvalue weighted by molar-refractivity contribution is 5.71. The van der Waals surface area contributed by atoms with Crippen molar-refractivity contribution in [3.8, 4) is 0 Å². The minimum atomic E-state index is -0.292. The molecule has 3 heteroatoms. The number of hydrogen-bond acceptors (Lipinski definition) is 3. The van der Waals surface area contributed by atoms with Crippen molar-refractivity contribution < 1.29 is 9.47 Å². The average Bonchev–Trinajstić information content (AvgIpc) is 2.74. The van der Waals surface area contributed by atoms with Crippen LogP contribution in [-0.2, 0) is 9.47 Å². The van der Waals surface area contributed by atoms with Gasteiger partial charge >= 0.3 is 0 Å². The van der Waals surface area contributed by atoms with Crippen LogP contribution < -0.4 is 0 Å². The summed E-state index contributed by atoms with van der Waals surface area (Å²) in [5, 5.41) is 0. The molecular formula is C14H23NO2. The normalized spacial score (nSPS) is 27.2. The molecule has 0 amide bonds. The molecule has 2 rings (SSSR count). The first-order chi connectivity index (χ1) is 7.91. The third-order valence-corrected chi connectivity index (χ3v) is 3.99. The second-order valence-electron chi connectivity index (χ2n) is 5.95. The Kier molecular flexibility index (Phi) is 3.19. The van der Waals surface area contributed by atoms with Gasteiger partial charge in [0.2, 0.25) is 0 Å². The Morgan fingerprint density at radius 2 is 1.59 bits per heavy atom. The summed E-state index contributed by atoms with van der Waals surface area (Å²) < 4.78 is 11.6. The summed E-state index contributed by atoms with van der Waals surface area (Å²) in [5.74, 6) is 0.585. The van der Waals surface area contributed by atoms with Crippen LogP contribution in [0.5, 0.6) is 0 Å². The monoisotopic (exact) mass is 237 g/mol. The topological polar surface area (TPSA) is 30.8 Å². The number of ether oxygens (including phenoxy) is 2. The van der Waals surface area contributed by atoms with E-state index in [2.05, 4.69) is 4.99 Å². The van der Waals surface area contributed by atoms with Crippen LogP contribution in [0, 0.1) is 0 Å². The van der Waals surface area contributed by atoms with E-state index in [0.717, 1.165) is 0 Å². The maximum atomic E-state index is 5.78. The van der Waals surface area contributed by atoms with Crippen LogP contribution in [-0.4, -0.2) is 23.5 Å². The first-order valence-corrected chi connectivity index (χ1v) is 6.52. The molecule has 0 atom stereocenters. The number of hydrogen-bond donors (Lipinski definition) is 0. The number of allylic oxidation sites excluding steroid dienone is 1. The number of rotatable bonds is 2. The van der Waals surface area contributed by atoms with Crippen molar-refractivity contribution in [3.63, 3.8) is 0 Å². The first kappa shape index (κ1) is 12.5. The Morgan fingerprint density at radius 3 is 2.12 bits per heavy atom. The third-order valence-electron chi connectivity index (χ3n) is 3.99. The highest BCUT2D eigenvalue weighted by atomic mass is 16.7. The van der Waals surface area contributed by atoms with E-state index in [1.54, 1.807) is 0 Å². The highest BCUT2D eigenvalue weighted by Crippen LogP contribution is 2.39. The summed E-state index contributed by atoms with van der Waals surface area (Å²) >= 11 is 0. The van der Waals surface area contributed by atoms with Gasteiger partial charge < -0.3 is 9.47 Å². The van der Waals surface area contributed by atoms with E-state index in [9.17, 15) is 0 Å². The second kappa shape index (κ2) is 4.35. The Hall–Kier alpha value is -0.990. The van der Waals surface area contributed by atoms with Crippen LogP contribution in [0.2, 0.25) is 0 Å². The summed E-state index contributed by atoms with van der Waals surface area (Å²) in [7, 11) is 0. The van der Waals surface area contributed by atoms with Crippen LogP contribution in [0.3, 0.4) is 0 Å². The summed E-state index contributed by atoms with van der Waals surface area (Å²) in [6, 6.07) is 0.509. The van der Waals surface area contributed by atoms with Crippen molar-refractivity contribution in [2.24, 2.45) is 4.99 Å². The van der Waals surface area contributed by atoms with Gasteiger partial charge in [-0.1, -0.05) is 12.8 Å². The molecule has 0 bridgehead atoms. The molecule has 1 saturated carbocycles. The average molecular weight is 237 g/mol. The quantitative estimate of drug-likeness (QED) is 0.689. The van der Waals surface area contributed by atoms with Gasteiger partial charge in [0.1, 0.15) is 11.2 Å². The molecule has 17 heavy (non-hydrogen) atoms. The van der Waals surface area contributed by atoms with E-state index in [4.69, 9.17) is 9.47 Å². The van der Waals surface area contributed by atoms with Crippen molar-refractivity contribution in [2.45, 2.75) is 70.6 Å². The predicted molar refractivity (Wildman–Crippen MR) is 69.2 cm³/mol. The molecule has 3 nitrogen and oxygen atoms in total. The largest absolute Gasteiger partial charge is 0.455 e. The second-order valence-corrected chi connectivity index (χ2v) is 5.95. The zero-order valence-corrected chi connectivity index (χ0v) is 11.3. The standard InChI is InChI=1S/C14H23NO2/c1-13(2)14(3,4)17-12(16-13)9-10-15-11-7-5-6-8-11/h9-11H,5-8H2,1-4H3. The Labute approximate surface area is 104 Å². The first-order valence-electron chi connectivity index (χ1n) is 6.52. The lowest BCUT2D eigenvalue weighted by Gasteiger charge is -2.28. The van der Waals surface area contributed by atoms with Crippen molar-refractivity contribution in [1.82, 2.24) is 0 Å². The summed E-state index contributed by atoms with van der Waals surface area (Å²) in [5.41, 5.74) is -0.583. The molecule has 0 spiro atoms. The number of aliphatic imine (C=N–C) groups is 1. The lowest BCUT2D eigenvalue weighted by atomic mass is 9.90. The molecule has 2 fully saturated rings. The van der Waals surface area contributed by atoms with E-state index < -0.39 is 0 Å². The molecule has 1 aliphatic heterocycles. The number of nitrogens with zero attached hydrogens (tertiary/aromatic N) is 1. The Morgan fingerprint density at radius 1 is 1.06 bits per heavy atom. The molecule has 1 aliphatic carbocycles. The zero-order chi connectivity index (χ0) is 12.5. The van der Waals surface area contributed by atoms with Crippen LogP contribution in [0.4, 0.5) is 0 Å². The summed E-state index contributed by atoms with van der Waals surface area (Å²) in [4.78, 5) is 4.52. The zero-order valence-electron chi connectivity index (χ0n) is 11.3. The van der Waals surface area contributed by atoms with Gasteiger partial charge in [0.05, 0.1) is 0 Å². The van der Waals surface area contributed by atoms with E-state index in [1.165, 1.54) is 25.7 Å². The fraction of sp³-hybridized carbons (Fsp3) is 0.786. The van der Waals surface area contributed by atoms with Gasteiger partial charge in [0, 0.05) is 18.3 Å². The van der Waals surface area contributed by atoms with Crippen LogP contribution in [0.1, 0.15) is 53.4 Å². The maximum absolute atomic E-state index is 5.78. The molecule has 96 valence electrons. The minimum Gasteiger partial charge on any atom is -0.455 e. The Balaban J connectivity index is 1.95. The van der Waals surface area contributed by atoms with E-state index in [-0.39, 0.29) is 11.2 Å². The Bertz CT molecular complexity index is 318. The van der Waals surface area contributed by atoms with Gasteiger partial charge in [0.15, 0.2) is 0 Å². The lowest BCUT2D eigenvalue weighted by molar-refractivity contribution is 0.00578. The highest BCUT2D eigenvalue weighted by Gasteiger charge is 2.48. The maximum Gasteiger partial charge on any atom is 0.282 e. The predicted octanol–water partition coefficient (Wildman–Crippen LogP) is 3.45. The van der Waals surface area contributed by atoms with E-state index in [1.807, 2.05) is 40.0 Å². The molecular weight excluding hydrogens is 214 g/mol. The summed E-state index contributed by atoms with van der Waals surface area (Å²) in [6.07, 6.45) is 8.74. The molecule has 0 unspecified atom stereocenters. The molecule has 1 saturated heterocycles. The molecule has 1 heterocycles. The van der Waals surface area contributed by atoms with Gasteiger partial charge in [0.25, 0.3) is 5.95 Å². The van der Waals surface area contributed by atoms with Crippen LogP contribution >= 0.6 is 0 Å². The smallest absolute Gasteiger partial charge is 0.282 e.